The van der Waals surface area contributed by atoms with Crippen molar-refractivity contribution in [1.82, 2.24) is 0 Å². The van der Waals surface area contributed by atoms with Crippen molar-refractivity contribution in [2.75, 3.05) is 23.9 Å². The molecule has 2 aromatic carbocycles. The first kappa shape index (κ1) is 17.8. The monoisotopic (exact) mass is 422 g/mol. The number of halogens is 2. The minimum absolute atomic E-state index is 0.0663. The lowest BCUT2D eigenvalue weighted by atomic mass is 10.0. The fraction of sp³-hybridized carbons (Fsp3) is 0.222. The Balaban J connectivity index is 1.80. The van der Waals surface area contributed by atoms with Crippen molar-refractivity contribution in [2.24, 2.45) is 0 Å². The summed E-state index contributed by atoms with van der Waals surface area (Å²) in [5.41, 5.74) is 2.29. The summed E-state index contributed by atoms with van der Waals surface area (Å²) < 4.78 is 6.18. The molecule has 3 rings (SSSR count). The van der Waals surface area contributed by atoms with Crippen molar-refractivity contribution in [1.29, 1.82) is 0 Å². The van der Waals surface area contributed by atoms with Gasteiger partial charge in [0, 0.05) is 21.6 Å². The van der Waals surface area contributed by atoms with Gasteiger partial charge >= 0.3 is 0 Å². The van der Waals surface area contributed by atoms with E-state index in [1.807, 2.05) is 18.2 Å². The summed E-state index contributed by atoms with van der Waals surface area (Å²) in [6.07, 6.45) is 1.06. The number of amides is 2. The third kappa shape index (κ3) is 3.96. The molecular formula is C18H16BrClN2O3. The van der Waals surface area contributed by atoms with E-state index in [2.05, 4.69) is 21.2 Å². The second kappa shape index (κ2) is 7.45. The van der Waals surface area contributed by atoms with Crippen LogP contribution >= 0.6 is 27.5 Å². The zero-order valence-corrected chi connectivity index (χ0v) is 15.9. The number of hydrogen-bond acceptors (Lipinski definition) is 3. The minimum Gasteiger partial charge on any atom is -0.495 e. The summed E-state index contributed by atoms with van der Waals surface area (Å²) in [7, 11) is 1.52. The van der Waals surface area contributed by atoms with Gasteiger partial charge in [-0.15, -0.1) is 0 Å². The first-order valence-corrected chi connectivity index (χ1v) is 8.87. The highest BCUT2D eigenvalue weighted by Crippen LogP contribution is 2.31. The molecule has 1 N–H and O–H groups in total. The molecule has 0 saturated heterocycles. The standard InChI is InChI=1S/C18H16BrClN2O3/c1-25-16-6-4-13(20)9-14(16)21-17(23)10-22-15-5-3-12(19)8-11(15)2-7-18(22)24/h3-6,8-9H,2,7,10H2,1H3,(H,21,23). The number of nitrogens with zero attached hydrogens (tertiary/aromatic N) is 1. The van der Waals surface area contributed by atoms with Crippen LogP contribution in [0.5, 0.6) is 5.75 Å². The molecule has 1 aliphatic heterocycles. The van der Waals surface area contributed by atoms with Gasteiger partial charge in [0.25, 0.3) is 0 Å². The largest absolute Gasteiger partial charge is 0.495 e. The molecule has 7 heteroatoms. The molecule has 2 aromatic rings. The van der Waals surface area contributed by atoms with Crippen LogP contribution in [-0.2, 0) is 16.0 Å². The summed E-state index contributed by atoms with van der Waals surface area (Å²) in [5.74, 6) is 0.125. The number of nitrogens with one attached hydrogen (secondary N) is 1. The van der Waals surface area contributed by atoms with Crippen LogP contribution in [0.2, 0.25) is 5.02 Å². The number of fused-ring (bicyclic) bond motifs is 1. The van der Waals surface area contributed by atoms with Crippen molar-refractivity contribution in [3.05, 3.63) is 51.5 Å². The minimum atomic E-state index is -0.315. The fourth-order valence-corrected chi connectivity index (χ4v) is 3.39. The molecule has 0 bridgehead atoms. The van der Waals surface area contributed by atoms with Gasteiger partial charge in [0.05, 0.1) is 12.8 Å². The third-order valence-electron chi connectivity index (χ3n) is 3.98. The van der Waals surface area contributed by atoms with E-state index in [-0.39, 0.29) is 18.4 Å². The molecular weight excluding hydrogens is 408 g/mol. The van der Waals surface area contributed by atoms with Gasteiger partial charge in [-0.2, -0.15) is 0 Å². The van der Waals surface area contributed by atoms with Gasteiger partial charge in [-0.1, -0.05) is 27.5 Å². The van der Waals surface area contributed by atoms with Crippen LogP contribution in [0.15, 0.2) is 40.9 Å². The molecule has 0 saturated carbocycles. The highest BCUT2D eigenvalue weighted by molar-refractivity contribution is 9.10. The van der Waals surface area contributed by atoms with Crippen LogP contribution in [-0.4, -0.2) is 25.5 Å². The first-order chi connectivity index (χ1) is 12.0. The van der Waals surface area contributed by atoms with Gasteiger partial charge in [0.1, 0.15) is 12.3 Å². The van der Waals surface area contributed by atoms with Gasteiger partial charge in [0.15, 0.2) is 0 Å². The maximum Gasteiger partial charge on any atom is 0.244 e. The Morgan fingerprint density at radius 1 is 1.28 bits per heavy atom. The summed E-state index contributed by atoms with van der Waals surface area (Å²) >= 11 is 9.41. The number of aryl methyl sites for hydroxylation is 1. The van der Waals surface area contributed by atoms with Crippen LogP contribution in [0.3, 0.4) is 0 Å². The molecule has 0 atom stereocenters. The van der Waals surface area contributed by atoms with Crippen molar-refractivity contribution >= 4 is 50.7 Å². The predicted octanol–water partition coefficient (Wildman–Crippen LogP) is 4.03. The van der Waals surface area contributed by atoms with Crippen molar-refractivity contribution < 1.29 is 14.3 Å². The van der Waals surface area contributed by atoms with Gasteiger partial charge in [-0.3, -0.25) is 9.59 Å². The number of ether oxygens (including phenoxy) is 1. The van der Waals surface area contributed by atoms with E-state index in [0.29, 0.717) is 29.3 Å². The fourth-order valence-electron chi connectivity index (χ4n) is 2.81. The van der Waals surface area contributed by atoms with E-state index in [1.165, 1.54) is 12.0 Å². The molecule has 0 fully saturated rings. The molecule has 25 heavy (non-hydrogen) atoms. The Hall–Kier alpha value is -2.05. The molecule has 0 radical (unpaired) electrons. The van der Waals surface area contributed by atoms with Gasteiger partial charge in [-0.25, -0.2) is 0 Å². The zero-order chi connectivity index (χ0) is 18.0. The average Bonchev–Trinajstić information content (AvgIpc) is 2.57. The predicted molar refractivity (Wildman–Crippen MR) is 101 cm³/mol. The third-order valence-corrected chi connectivity index (χ3v) is 4.71. The number of hydrogen-bond donors (Lipinski definition) is 1. The summed E-state index contributed by atoms with van der Waals surface area (Å²) in [4.78, 5) is 26.3. The molecule has 5 nitrogen and oxygen atoms in total. The molecule has 1 heterocycles. The Morgan fingerprint density at radius 2 is 2.08 bits per heavy atom. The molecule has 2 amide bonds. The highest BCUT2D eigenvalue weighted by atomic mass is 79.9. The lowest BCUT2D eigenvalue weighted by molar-refractivity contribution is -0.121. The number of benzene rings is 2. The van der Waals surface area contributed by atoms with Crippen LogP contribution < -0.4 is 15.0 Å². The van der Waals surface area contributed by atoms with E-state index in [4.69, 9.17) is 16.3 Å². The maximum atomic E-state index is 12.5. The Bertz CT molecular complexity index is 841. The molecule has 0 spiro atoms. The van der Waals surface area contributed by atoms with E-state index >= 15 is 0 Å². The molecule has 0 aliphatic carbocycles. The molecule has 130 valence electrons. The van der Waals surface area contributed by atoms with Crippen molar-refractivity contribution in [3.63, 3.8) is 0 Å². The van der Waals surface area contributed by atoms with Crippen LogP contribution in [0, 0.1) is 0 Å². The zero-order valence-electron chi connectivity index (χ0n) is 13.5. The SMILES string of the molecule is COc1ccc(Cl)cc1NC(=O)CN1C(=O)CCc2cc(Br)ccc21. The average molecular weight is 424 g/mol. The quantitative estimate of drug-likeness (QED) is 0.808. The number of carbonyl (C=O) groups is 2. The van der Waals surface area contributed by atoms with Crippen LogP contribution in [0.25, 0.3) is 0 Å². The van der Waals surface area contributed by atoms with Crippen molar-refractivity contribution in [3.8, 4) is 5.75 Å². The lowest BCUT2D eigenvalue weighted by Gasteiger charge is -2.29. The van der Waals surface area contributed by atoms with E-state index in [0.717, 1.165) is 15.7 Å². The number of anilines is 2. The number of rotatable bonds is 4. The Labute approximate surface area is 159 Å². The Kier molecular flexibility index (Phi) is 5.30. The highest BCUT2D eigenvalue weighted by Gasteiger charge is 2.26. The van der Waals surface area contributed by atoms with E-state index in [9.17, 15) is 9.59 Å². The van der Waals surface area contributed by atoms with Gasteiger partial charge < -0.3 is 15.0 Å². The van der Waals surface area contributed by atoms with Crippen molar-refractivity contribution in [2.45, 2.75) is 12.8 Å². The number of carbonyl (C=O) groups excluding carboxylic acids is 2. The van der Waals surface area contributed by atoms with Gasteiger partial charge in [-0.05, 0) is 48.4 Å². The smallest absolute Gasteiger partial charge is 0.244 e. The van der Waals surface area contributed by atoms with Crippen LogP contribution in [0.4, 0.5) is 11.4 Å². The molecule has 1 aliphatic rings. The Morgan fingerprint density at radius 3 is 2.84 bits per heavy atom. The normalized spacial score (nSPS) is 13.4. The first-order valence-electron chi connectivity index (χ1n) is 7.70. The van der Waals surface area contributed by atoms with E-state index < -0.39 is 0 Å². The topological polar surface area (TPSA) is 58.6 Å². The van der Waals surface area contributed by atoms with Crippen LogP contribution in [0.1, 0.15) is 12.0 Å². The molecule has 0 aromatic heterocycles. The summed E-state index contributed by atoms with van der Waals surface area (Å²) in [6, 6.07) is 10.7. The summed E-state index contributed by atoms with van der Waals surface area (Å²) in [6.45, 7) is -0.0663. The van der Waals surface area contributed by atoms with E-state index in [1.54, 1.807) is 18.2 Å². The second-order valence-corrected chi connectivity index (χ2v) is 7.00. The van der Waals surface area contributed by atoms with Gasteiger partial charge in [0.2, 0.25) is 11.8 Å². The second-order valence-electron chi connectivity index (χ2n) is 5.65. The maximum absolute atomic E-state index is 12.5. The summed E-state index contributed by atoms with van der Waals surface area (Å²) in [5, 5.41) is 3.25. The number of methoxy groups -OCH3 is 1. The lowest BCUT2D eigenvalue weighted by Crippen LogP contribution is -2.40. The molecule has 0 unspecified atom stereocenters.